The Morgan fingerprint density at radius 3 is 2.60 bits per heavy atom. The number of benzene rings is 2. The molecular formula is C20H22N2O3. The average Bonchev–Trinajstić information content (AvgIpc) is 2.62. The second-order valence-corrected chi connectivity index (χ2v) is 5.49. The van der Waals surface area contributed by atoms with E-state index in [1.54, 1.807) is 38.2 Å². The van der Waals surface area contributed by atoms with Crippen molar-refractivity contribution in [3.05, 3.63) is 66.2 Å². The maximum Gasteiger partial charge on any atom is 0.415 e. The molecule has 0 aliphatic rings. The highest BCUT2D eigenvalue weighted by atomic mass is 16.6. The Labute approximate surface area is 147 Å². The van der Waals surface area contributed by atoms with E-state index in [9.17, 15) is 9.59 Å². The van der Waals surface area contributed by atoms with E-state index in [0.29, 0.717) is 24.4 Å². The number of amides is 2. The maximum absolute atomic E-state index is 12.1. The van der Waals surface area contributed by atoms with E-state index in [0.717, 1.165) is 5.56 Å². The van der Waals surface area contributed by atoms with E-state index in [4.69, 9.17) is 4.74 Å². The van der Waals surface area contributed by atoms with Crippen molar-refractivity contribution in [3.8, 4) is 5.75 Å². The van der Waals surface area contributed by atoms with Crippen molar-refractivity contribution in [1.29, 1.82) is 0 Å². The normalized spacial score (nSPS) is 10.5. The fourth-order valence-corrected chi connectivity index (χ4v) is 2.05. The van der Waals surface area contributed by atoms with Gasteiger partial charge in [0.15, 0.2) is 0 Å². The van der Waals surface area contributed by atoms with Crippen molar-refractivity contribution in [1.82, 2.24) is 4.90 Å². The molecule has 0 aliphatic heterocycles. The fraction of sp³-hybridized carbons (Fsp3) is 0.200. The lowest BCUT2D eigenvalue weighted by atomic mass is 10.2. The average molecular weight is 338 g/mol. The molecule has 0 unspecified atom stereocenters. The summed E-state index contributed by atoms with van der Waals surface area (Å²) in [6.07, 6.45) is 3.77. The minimum atomic E-state index is -0.461. The lowest BCUT2D eigenvalue weighted by Gasteiger charge is -2.15. The first-order chi connectivity index (χ1) is 12.1. The van der Waals surface area contributed by atoms with E-state index >= 15 is 0 Å². The van der Waals surface area contributed by atoms with Gasteiger partial charge < -0.3 is 15.0 Å². The van der Waals surface area contributed by atoms with Crippen LogP contribution in [0, 0.1) is 0 Å². The molecule has 0 heterocycles. The third-order valence-electron chi connectivity index (χ3n) is 3.44. The van der Waals surface area contributed by atoms with Crippen molar-refractivity contribution in [2.24, 2.45) is 0 Å². The van der Waals surface area contributed by atoms with Crippen LogP contribution in [-0.4, -0.2) is 30.5 Å². The number of ether oxygens (including phenoxy) is 1. The van der Waals surface area contributed by atoms with E-state index in [2.05, 4.69) is 5.32 Å². The van der Waals surface area contributed by atoms with Crippen molar-refractivity contribution in [3.63, 3.8) is 0 Å². The molecule has 0 atom stereocenters. The van der Waals surface area contributed by atoms with Gasteiger partial charge in [0, 0.05) is 31.8 Å². The lowest BCUT2D eigenvalue weighted by molar-refractivity contribution is -0.115. The zero-order valence-electron chi connectivity index (χ0n) is 14.4. The summed E-state index contributed by atoms with van der Waals surface area (Å²) >= 11 is 0. The first-order valence-corrected chi connectivity index (χ1v) is 8.13. The molecule has 5 heteroatoms. The third kappa shape index (κ3) is 6.14. The van der Waals surface area contributed by atoms with Crippen LogP contribution in [0.4, 0.5) is 10.5 Å². The van der Waals surface area contributed by atoms with Gasteiger partial charge in [0.1, 0.15) is 5.75 Å². The molecule has 0 aliphatic carbocycles. The molecule has 130 valence electrons. The quantitative estimate of drug-likeness (QED) is 0.859. The monoisotopic (exact) mass is 338 g/mol. The number of rotatable bonds is 6. The first-order valence-electron chi connectivity index (χ1n) is 8.13. The van der Waals surface area contributed by atoms with Gasteiger partial charge >= 0.3 is 6.09 Å². The predicted molar refractivity (Wildman–Crippen MR) is 99.5 cm³/mol. The second-order valence-electron chi connectivity index (χ2n) is 5.49. The van der Waals surface area contributed by atoms with Gasteiger partial charge in [-0.25, -0.2) is 4.79 Å². The van der Waals surface area contributed by atoms with Crippen molar-refractivity contribution >= 4 is 23.8 Å². The third-order valence-corrected chi connectivity index (χ3v) is 3.44. The molecule has 0 bridgehead atoms. The number of hydrogen-bond acceptors (Lipinski definition) is 3. The molecule has 1 N–H and O–H groups in total. The minimum absolute atomic E-state index is 0.0911. The summed E-state index contributed by atoms with van der Waals surface area (Å²) in [6, 6.07) is 16.6. The molecule has 0 saturated heterocycles. The van der Waals surface area contributed by atoms with Gasteiger partial charge in [0.25, 0.3) is 0 Å². The Balaban J connectivity index is 1.89. The van der Waals surface area contributed by atoms with E-state index in [1.165, 1.54) is 4.90 Å². The number of carbonyl (C=O) groups excluding carboxylic acids is 2. The zero-order chi connectivity index (χ0) is 18.1. The molecule has 0 aromatic heterocycles. The van der Waals surface area contributed by atoms with Crippen LogP contribution < -0.4 is 10.1 Å². The van der Waals surface area contributed by atoms with Gasteiger partial charge in [-0.3, -0.25) is 4.79 Å². The summed E-state index contributed by atoms with van der Waals surface area (Å²) in [7, 11) is 1.67. The standard InChI is InChI=1S/C20H22N2O3/c1-3-19(23)21-17-12-7-13-18(15-17)25-20(24)22(2)14-8-11-16-9-5-4-6-10-16/h4-13,15H,3,14H2,1-2H3,(H,21,23). The molecule has 0 radical (unpaired) electrons. The number of nitrogens with zero attached hydrogens (tertiary/aromatic N) is 1. The Morgan fingerprint density at radius 1 is 1.12 bits per heavy atom. The van der Waals surface area contributed by atoms with Crippen LogP contribution >= 0.6 is 0 Å². The van der Waals surface area contributed by atoms with E-state index in [1.807, 2.05) is 42.5 Å². The summed E-state index contributed by atoms with van der Waals surface area (Å²) in [5, 5.41) is 2.73. The second kappa shape index (κ2) is 9.27. The van der Waals surface area contributed by atoms with E-state index in [-0.39, 0.29) is 5.91 Å². The summed E-state index contributed by atoms with van der Waals surface area (Å²) in [4.78, 5) is 25.0. The first kappa shape index (κ1) is 18.3. The molecule has 5 nitrogen and oxygen atoms in total. The van der Waals surface area contributed by atoms with Gasteiger partial charge in [-0.2, -0.15) is 0 Å². The molecule has 25 heavy (non-hydrogen) atoms. The topological polar surface area (TPSA) is 58.6 Å². The molecule has 2 rings (SSSR count). The van der Waals surface area contributed by atoms with Gasteiger partial charge in [-0.15, -0.1) is 0 Å². The van der Waals surface area contributed by atoms with Crippen LogP contribution in [-0.2, 0) is 4.79 Å². The minimum Gasteiger partial charge on any atom is -0.410 e. The summed E-state index contributed by atoms with van der Waals surface area (Å²) in [6.45, 7) is 2.21. The number of hydrogen-bond donors (Lipinski definition) is 1. The summed E-state index contributed by atoms with van der Waals surface area (Å²) in [5.74, 6) is 0.296. The fourth-order valence-electron chi connectivity index (χ4n) is 2.05. The number of likely N-dealkylation sites (N-methyl/N-ethyl adjacent to an activating group) is 1. The van der Waals surface area contributed by atoms with Crippen LogP contribution in [0.1, 0.15) is 18.9 Å². The molecular weight excluding hydrogens is 316 g/mol. The number of anilines is 1. The van der Waals surface area contributed by atoms with Gasteiger partial charge in [-0.1, -0.05) is 55.5 Å². The Kier molecular flexibility index (Phi) is 6.77. The molecule has 0 saturated carbocycles. The predicted octanol–water partition coefficient (Wildman–Crippen LogP) is 4.18. The molecule has 2 amide bonds. The van der Waals surface area contributed by atoms with Gasteiger partial charge in [0.2, 0.25) is 5.91 Å². The smallest absolute Gasteiger partial charge is 0.410 e. The molecule has 0 fully saturated rings. The molecule has 2 aromatic carbocycles. The Hall–Kier alpha value is -3.08. The number of nitrogens with one attached hydrogen (secondary N) is 1. The van der Waals surface area contributed by atoms with Gasteiger partial charge in [0.05, 0.1) is 0 Å². The van der Waals surface area contributed by atoms with Crippen LogP contribution in [0.3, 0.4) is 0 Å². The van der Waals surface area contributed by atoms with E-state index < -0.39 is 6.09 Å². The number of carbonyl (C=O) groups is 2. The van der Waals surface area contributed by atoms with Crippen molar-refractivity contribution in [2.45, 2.75) is 13.3 Å². The maximum atomic E-state index is 12.1. The van der Waals surface area contributed by atoms with Crippen LogP contribution in [0.15, 0.2) is 60.7 Å². The van der Waals surface area contributed by atoms with Crippen LogP contribution in [0.5, 0.6) is 5.75 Å². The van der Waals surface area contributed by atoms with Gasteiger partial charge in [-0.05, 0) is 17.7 Å². The zero-order valence-corrected chi connectivity index (χ0v) is 14.4. The molecule has 2 aromatic rings. The van der Waals surface area contributed by atoms with Crippen molar-refractivity contribution in [2.75, 3.05) is 18.9 Å². The van der Waals surface area contributed by atoms with Crippen LogP contribution in [0.25, 0.3) is 6.08 Å². The molecule has 0 spiro atoms. The Morgan fingerprint density at radius 2 is 1.88 bits per heavy atom. The van der Waals surface area contributed by atoms with Crippen LogP contribution in [0.2, 0.25) is 0 Å². The lowest BCUT2D eigenvalue weighted by Crippen LogP contribution is -2.29. The van der Waals surface area contributed by atoms with Crippen molar-refractivity contribution < 1.29 is 14.3 Å². The summed E-state index contributed by atoms with van der Waals surface area (Å²) in [5.41, 5.74) is 1.67. The summed E-state index contributed by atoms with van der Waals surface area (Å²) < 4.78 is 5.34. The Bertz CT molecular complexity index is 742. The highest BCUT2D eigenvalue weighted by Crippen LogP contribution is 2.18. The highest BCUT2D eigenvalue weighted by Gasteiger charge is 2.10. The largest absolute Gasteiger partial charge is 0.415 e. The highest BCUT2D eigenvalue weighted by molar-refractivity contribution is 5.90. The SMILES string of the molecule is CCC(=O)Nc1cccc(OC(=O)N(C)CC=Cc2ccccc2)c1.